The first kappa shape index (κ1) is 20.2. The number of nitrogens with one attached hydrogen (secondary N) is 3. The third-order valence-corrected chi connectivity index (χ3v) is 4.62. The van der Waals surface area contributed by atoms with E-state index in [2.05, 4.69) is 34.2 Å². The van der Waals surface area contributed by atoms with E-state index in [0.29, 0.717) is 25.1 Å². The lowest BCUT2D eigenvalue weighted by atomic mass is 10.1. The number of guanidine groups is 1. The minimum atomic E-state index is -3.12. The van der Waals surface area contributed by atoms with Gasteiger partial charge in [-0.25, -0.2) is 13.1 Å². The van der Waals surface area contributed by atoms with Crippen molar-refractivity contribution in [1.29, 1.82) is 0 Å². The summed E-state index contributed by atoms with van der Waals surface area (Å²) in [6, 6.07) is 0.361. The molecule has 0 rings (SSSR count). The lowest BCUT2D eigenvalue weighted by Crippen LogP contribution is -2.44. The second-order valence-corrected chi connectivity index (χ2v) is 7.29. The average Bonchev–Trinajstić information content (AvgIpc) is 2.46. The molecule has 6 nitrogen and oxygen atoms in total. The molecule has 0 aliphatic carbocycles. The van der Waals surface area contributed by atoms with E-state index in [0.717, 1.165) is 6.42 Å². The summed E-state index contributed by atoms with van der Waals surface area (Å²) >= 11 is 0. The molecule has 0 aromatic carbocycles. The maximum atomic E-state index is 11.3. The van der Waals surface area contributed by atoms with Crippen molar-refractivity contribution >= 4 is 16.0 Å². The topological polar surface area (TPSA) is 82.6 Å². The highest BCUT2D eigenvalue weighted by atomic mass is 32.2. The van der Waals surface area contributed by atoms with Crippen LogP contribution in [0.1, 0.15) is 52.9 Å². The summed E-state index contributed by atoms with van der Waals surface area (Å²) in [5.74, 6) is 0.822. The van der Waals surface area contributed by atoms with Crippen LogP contribution < -0.4 is 15.4 Å². The molecular formula is C14H32N4O2S. The molecule has 126 valence electrons. The van der Waals surface area contributed by atoms with Gasteiger partial charge in [-0.15, -0.1) is 0 Å². The molecule has 0 aliphatic heterocycles. The van der Waals surface area contributed by atoms with Gasteiger partial charge in [-0.2, -0.15) is 0 Å². The van der Waals surface area contributed by atoms with Crippen LogP contribution in [-0.4, -0.2) is 46.3 Å². The summed E-state index contributed by atoms with van der Waals surface area (Å²) in [6.45, 7) is 6.85. The second-order valence-electron chi connectivity index (χ2n) is 5.19. The van der Waals surface area contributed by atoms with Gasteiger partial charge in [0.25, 0.3) is 0 Å². The molecule has 0 bridgehead atoms. The van der Waals surface area contributed by atoms with Gasteiger partial charge in [0.15, 0.2) is 5.96 Å². The molecule has 7 heteroatoms. The molecule has 0 amide bonds. The third-order valence-electron chi connectivity index (χ3n) is 3.22. The Labute approximate surface area is 130 Å². The smallest absolute Gasteiger partial charge is 0.211 e. The van der Waals surface area contributed by atoms with E-state index in [1.54, 1.807) is 14.0 Å². The minimum Gasteiger partial charge on any atom is -0.355 e. The number of aliphatic imine (C=N–C) groups is 1. The number of unbranched alkanes of at least 4 members (excludes halogenated alkanes) is 3. The SMILES string of the molecule is CCCCCCC(C)NC(=NC)NCCNS(=O)(=O)CC. The van der Waals surface area contributed by atoms with E-state index in [4.69, 9.17) is 0 Å². The van der Waals surface area contributed by atoms with Crippen LogP contribution in [-0.2, 0) is 10.0 Å². The van der Waals surface area contributed by atoms with Crippen LogP contribution in [0.3, 0.4) is 0 Å². The largest absolute Gasteiger partial charge is 0.355 e. The molecule has 0 spiro atoms. The lowest BCUT2D eigenvalue weighted by molar-refractivity contribution is 0.536. The molecule has 0 saturated heterocycles. The predicted molar refractivity (Wildman–Crippen MR) is 90.2 cm³/mol. The molecule has 21 heavy (non-hydrogen) atoms. The van der Waals surface area contributed by atoms with Gasteiger partial charge in [-0.1, -0.05) is 32.6 Å². The zero-order valence-corrected chi connectivity index (χ0v) is 14.7. The zero-order valence-electron chi connectivity index (χ0n) is 13.9. The van der Waals surface area contributed by atoms with Crippen molar-refractivity contribution in [3.05, 3.63) is 0 Å². The molecule has 1 atom stereocenters. The van der Waals surface area contributed by atoms with E-state index in [9.17, 15) is 8.42 Å². The Morgan fingerprint density at radius 1 is 1.14 bits per heavy atom. The lowest BCUT2D eigenvalue weighted by Gasteiger charge is -2.18. The molecular weight excluding hydrogens is 288 g/mol. The molecule has 1 unspecified atom stereocenters. The van der Waals surface area contributed by atoms with Gasteiger partial charge in [-0.3, -0.25) is 4.99 Å². The van der Waals surface area contributed by atoms with E-state index in [-0.39, 0.29) is 5.75 Å². The van der Waals surface area contributed by atoms with Gasteiger partial charge in [0.05, 0.1) is 5.75 Å². The highest BCUT2D eigenvalue weighted by Gasteiger charge is 2.07. The quantitative estimate of drug-likeness (QED) is 0.306. The fourth-order valence-electron chi connectivity index (χ4n) is 1.87. The standard InChI is InChI=1S/C14H32N4O2S/c1-5-7-8-9-10-13(3)18-14(15-4)16-11-12-17-21(19,20)6-2/h13,17H,5-12H2,1-4H3,(H2,15,16,18). The summed E-state index contributed by atoms with van der Waals surface area (Å²) in [6.07, 6.45) is 6.14. The van der Waals surface area contributed by atoms with Crippen LogP contribution in [0.4, 0.5) is 0 Å². The summed E-state index contributed by atoms with van der Waals surface area (Å²) in [4.78, 5) is 4.14. The van der Waals surface area contributed by atoms with E-state index < -0.39 is 10.0 Å². The van der Waals surface area contributed by atoms with Crippen molar-refractivity contribution in [3.8, 4) is 0 Å². The molecule has 0 heterocycles. The van der Waals surface area contributed by atoms with Gasteiger partial charge >= 0.3 is 0 Å². The maximum Gasteiger partial charge on any atom is 0.211 e. The fraction of sp³-hybridized carbons (Fsp3) is 0.929. The van der Waals surface area contributed by atoms with Gasteiger partial charge in [0, 0.05) is 26.2 Å². The molecule has 0 fully saturated rings. The predicted octanol–water partition coefficient (Wildman–Crippen LogP) is 1.45. The van der Waals surface area contributed by atoms with Gasteiger partial charge < -0.3 is 10.6 Å². The minimum absolute atomic E-state index is 0.106. The fourth-order valence-corrected chi connectivity index (χ4v) is 2.48. The van der Waals surface area contributed by atoms with Crippen LogP contribution >= 0.6 is 0 Å². The Kier molecular flexibility index (Phi) is 11.3. The average molecular weight is 321 g/mol. The van der Waals surface area contributed by atoms with Gasteiger partial charge in [-0.05, 0) is 20.3 Å². The van der Waals surface area contributed by atoms with Crippen LogP contribution in [0.5, 0.6) is 0 Å². The Hall–Kier alpha value is -0.820. The maximum absolute atomic E-state index is 11.3. The monoisotopic (exact) mass is 320 g/mol. The van der Waals surface area contributed by atoms with Crippen molar-refractivity contribution in [2.24, 2.45) is 4.99 Å². The summed E-state index contributed by atoms with van der Waals surface area (Å²) in [7, 11) is -1.40. The molecule has 0 saturated carbocycles. The molecule has 0 aromatic heterocycles. The van der Waals surface area contributed by atoms with Gasteiger partial charge in [0.2, 0.25) is 10.0 Å². The Morgan fingerprint density at radius 3 is 2.43 bits per heavy atom. The summed E-state index contributed by atoms with van der Waals surface area (Å²) in [5.41, 5.74) is 0. The molecule has 0 aromatic rings. The molecule has 3 N–H and O–H groups in total. The Morgan fingerprint density at radius 2 is 1.86 bits per heavy atom. The number of hydrogen-bond acceptors (Lipinski definition) is 3. The van der Waals surface area contributed by atoms with E-state index >= 15 is 0 Å². The number of sulfonamides is 1. The zero-order chi connectivity index (χ0) is 16.1. The summed E-state index contributed by atoms with van der Waals surface area (Å²) in [5, 5.41) is 6.43. The van der Waals surface area contributed by atoms with Crippen molar-refractivity contribution in [3.63, 3.8) is 0 Å². The van der Waals surface area contributed by atoms with Crippen LogP contribution in [0.15, 0.2) is 4.99 Å². The van der Waals surface area contributed by atoms with Crippen LogP contribution in [0.2, 0.25) is 0 Å². The van der Waals surface area contributed by atoms with Crippen molar-refractivity contribution in [2.75, 3.05) is 25.9 Å². The van der Waals surface area contributed by atoms with E-state index in [1.165, 1.54) is 25.7 Å². The van der Waals surface area contributed by atoms with E-state index in [1.807, 2.05) is 0 Å². The van der Waals surface area contributed by atoms with Gasteiger partial charge in [0.1, 0.15) is 0 Å². The van der Waals surface area contributed by atoms with Crippen LogP contribution in [0.25, 0.3) is 0 Å². The van der Waals surface area contributed by atoms with Crippen molar-refractivity contribution in [2.45, 2.75) is 58.9 Å². The Balaban J connectivity index is 3.85. The summed E-state index contributed by atoms with van der Waals surface area (Å²) < 4.78 is 25.1. The van der Waals surface area contributed by atoms with Crippen LogP contribution in [0, 0.1) is 0 Å². The second kappa shape index (κ2) is 11.8. The van der Waals surface area contributed by atoms with Crippen molar-refractivity contribution < 1.29 is 8.42 Å². The Bertz CT molecular complexity index is 382. The molecule has 0 radical (unpaired) electrons. The molecule has 0 aliphatic rings. The third kappa shape index (κ3) is 11.5. The first-order chi connectivity index (χ1) is 9.95. The first-order valence-electron chi connectivity index (χ1n) is 7.89. The number of nitrogens with zero attached hydrogens (tertiary/aromatic N) is 1. The highest BCUT2D eigenvalue weighted by Crippen LogP contribution is 2.04. The van der Waals surface area contributed by atoms with Crippen molar-refractivity contribution in [1.82, 2.24) is 15.4 Å². The highest BCUT2D eigenvalue weighted by molar-refractivity contribution is 7.89. The first-order valence-corrected chi connectivity index (χ1v) is 9.54. The normalized spacial score (nSPS) is 14.0. The number of hydrogen-bond donors (Lipinski definition) is 3. The number of rotatable bonds is 11.